The van der Waals surface area contributed by atoms with E-state index in [9.17, 15) is 4.79 Å². The molecule has 0 fully saturated rings. The summed E-state index contributed by atoms with van der Waals surface area (Å²) in [4.78, 5) is 11.1. The highest BCUT2D eigenvalue weighted by Gasteiger charge is 2.14. The Morgan fingerprint density at radius 3 is 2.47 bits per heavy atom. The molecule has 3 nitrogen and oxygen atoms in total. The van der Waals surface area contributed by atoms with Crippen molar-refractivity contribution in [2.24, 2.45) is 0 Å². The maximum atomic E-state index is 11.1. The summed E-state index contributed by atoms with van der Waals surface area (Å²) in [5.41, 5.74) is 4.83. The van der Waals surface area contributed by atoms with Gasteiger partial charge in [0.25, 0.3) is 0 Å². The molecule has 19 heavy (non-hydrogen) atoms. The summed E-state index contributed by atoms with van der Waals surface area (Å²) in [6, 6.07) is 10.1. The van der Waals surface area contributed by atoms with E-state index in [0.717, 1.165) is 24.4 Å². The summed E-state index contributed by atoms with van der Waals surface area (Å²) >= 11 is 0. The van der Waals surface area contributed by atoms with Gasteiger partial charge in [-0.15, -0.1) is 0 Å². The summed E-state index contributed by atoms with van der Waals surface area (Å²) in [6.07, 6.45) is 0.919. The van der Waals surface area contributed by atoms with Crippen LogP contribution in [0.5, 0.6) is 0 Å². The number of aromatic nitrogens is 1. The third kappa shape index (κ3) is 2.70. The second-order valence-corrected chi connectivity index (χ2v) is 4.92. The van der Waals surface area contributed by atoms with E-state index in [0.29, 0.717) is 5.56 Å². The molecule has 0 radical (unpaired) electrons. The molecule has 1 aromatic carbocycles. The summed E-state index contributed by atoms with van der Waals surface area (Å²) in [7, 11) is 0. The second kappa shape index (κ2) is 5.31. The predicted molar refractivity (Wildman–Crippen MR) is 75.7 cm³/mol. The third-order valence-corrected chi connectivity index (χ3v) is 3.67. The molecule has 1 heterocycles. The van der Waals surface area contributed by atoms with Gasteiger partial charge in [0.15, 0.2) is 0 Å². The van der Waals surface area contributed by atoms with Crippen LogP contribution in [0.15, 0.2) is 30.3 Å². The van der Waals surface area contributed by atoms with Gasteiger partial charge < -0.3 is 9.67 Å². The van der Waals surface area contributed by atoms with E-state index in [1.54, 1.807) is 6.07 Å². The van der Waals surface area contributed by atoms with Crippen LogP contribution in [-0.4, -0.2) is 15.6 Å². The van der Waals surface area contributed by atoms with Crippen molar-refractivity contribution < 1.29 is 9.90 Å². The standard InChI is InChI=1S/C16H19NO2/c1-11-6-4-5-7-14(11)8-9-17-12(2)10-15(13(17)3)16(18)19/h4-7,10H,8-9H2,1-3H3,(H,18,19). The zero-order chi connectivity index (χ0) is 14.0. The van der Waals surface area contributed by atoms with Crippen molar-refractivity contribution in [1.82, 2.24) is 4.57 Å². The molecule has 0 aliphatic carbocycles. The summed E-state index contributed by atoms with van der Waals surface area (Å²) < 4.78 is 2.08. The highest BCUT2D eigenvalue weighted by atomic mass is 16.4. The fraction of sp³-hybridized carbons (Fsp3) is 0.312. The smallest absolute Gasteiger partial charge is 0.337 e. The minimum Gasteiger partial charge on any atom is -0.478 e. The first-order chi connectivity index (χ1) is 9.00. The van der Waals surface area contributed by atoms with Gasteiger partial charge >= 0.3 is 5.97 Å². The first kappa shape index (κ1) is 13.4. The predicted octanol–water partition coefficient (Wildman–Crippen LogP) is 3.35. The molecule has 0 bridgehead atoms. The second-order valence-electron chi connectivity index (χ2n) is 4.92. The minimum absolute atomic E-state index is 0.405. The Morgan fingerprint density at radius 1 is 1.21 bits per heavy atom. The number of aromatic carboxylic acids is 1. The Hall–Kier alpha value is -2.03. The number of hydrogen-bond donors (Lipinski definition) is 1. The maximum Gasteiger partial charge on any atom is 0.337 e. The van der Waals surface area contributed by atoms with E-state index in [2.05, 4.69) is 23.6 Å². The molecule has 0 atom stereocenters. The fourth-order valence-electron chi connectivity index (χ4n) is 2.48. The monoisotopic (exact) mass is 257 g/mol. The number of carbonyl (C=O) groups is 1. The molecule has 100 valence electrons. The van der Waals surface area contributed by atoms with Gasteiger partial charge in [-0.05, 0) is 44.4 Å². The molecule has 2 rings (SSSR count). The van der Waals surface area contributed by atoms with E-state index >= 15 is 0 Å². The summed E-state index contributed by atoms with van der Waals surface area (Å²) in [5.74, 6) is -0.852. The molecule has 0 unspecified atom stereocenters. The van der Waals surface area contributed by atoms with Crippen molar-refractivity contribution in [3.63, 3.8) is 0 Å². The van der Waals surface area contributed by atoms with Crippen LogP contribution in [-0.2, 0) is 13.0 Å². The average molecular weight is 257 g/mol. The molecule has 0 saturated heterocycles. The van der Waals surface area contributed by atoms with Crippen LogP contribution in [0.2, 0.25) is 0 Å². The van der Waals surface area contributed by atoms with Gasteiger partial charge in [-0.3, -0.25) is 0 Å². The number of nitrogens with zero attached hydrogens (tertiary/aromatic N) is 1. The molecule has 0 saturated carbocycles. The fourth-order valence-corrected chi connectivity index (χ4v) is 2.48. The Morgan fingerprint density at radius 2 is 1.89 bits per heavy atom. The Kier molecular flexibility index (Phi) is 3.74. The van der Waals surface area contributed by atoms with Crippen LogP contribution in [0.1, 0.15) is 32.9 Å². The summed E-state index contributed by atoms with van der Waals surface area (Å²) in [6.45, 7) is 6.74. The van der Waals surface area contributed by atoms with Gasteiger partial charge in [0.2, 0.25) is 0 Å². The molecule has 0 aliphatic heterocycles. The average Bonchev–Trinajstić information content (AvgIpc) is 2.65. The van der Waals surface area contributed by atoms with Gasteiger partial charge in [0.1, 0.15) is 0 Å². The van der Waals surface area contributed by atoms with E-state index in [-0.39, 0.29) is 0 Å². The Balaban J connectivity index is 2.21. The van der Waals surface area contributed by atoms with Crippen LogP contribution in [0.4, 0.5) is 0 Å². The van der Waals surface area contributed by atoms with Gasteiger partial charge in [-0.2, -0.15) is 0 Å². The molecule has 0 spiro atoms. The third-order valence-electron chi connectivity index (χ3n) is 3.67. The quantitative estimate of drug-likeness (QED) is 0.912. The lowest BCUT2D eigenvalue weighted by atomic mass is 10.1. The van der Waals surface area contributed by atoms with E-state index in [1.165, 1.54) is 11.1 Å². The minimum atomic E-state index is -0.852. The molecule has 0 aliphatic rings. The van der Waals surface area contributed by atoms with E-state index in [4.69, 9.17) is 5.11 Å². The largest absolute Gasteiger partial charge is 0.478 e. The van der Waals surface area contributed by atoms with Crippen LogP contribution in [0, 0.1) is 20.8 Å². The molecule has 2 aromatic rings. The molecular weight excluding hydrogens is 238 g/mol. The first-order valence-electron chi connectivity index (χ1n) is 6.45. The SMILES string of the molecule is Cc1ccccc1CCn1c(C)cc(C(=O)O)c1C. The Labute approximate surface area is 113 Å². The van der Waals surface area contributed by atoms with Crippen molar-refractivity contribution in [3.8, 4) is 0 Å². The zero-order valence-electron chi connectivity index (χ0n) is 11.6. The number of carboxylic acids is 1. The number of hydrogen-bond acceptors (Lipinski definition) is 1. The number of aryl methyl sites for hydroxylation is 3. The highest BCUT2D eigenvalue weighted by molar-refractivity contribution is 5.89. The molecule has 1 aromatic heterocycles. The normalized spacial score (nSPS) is 10.7. The lowest BCUT2D eigenvalue weighted by Gasteiger charge is -2.11. The van der Waals surface area contributed by atoms with Gasteiger partial charge in [0.05, 0.1) is 5.56 Å². The van der Waals surface area contributed by atoms with Crippen molar-refractivity contribution >= 4 is 5.97 Å². The van der Waals surface area contributed by atoms with E-state index in [1.807, 2.05) is 26.0 Å². The Bertz CT molecular complexity index is 611. The topological polar surface area (TPSA) is 42.2 Å². The molecule has 0 amide bonds. The molecular formula is C16H19NO2. The lowest BCUT2D eigenvalue weighted by Crippen LogP contribution is -2.07. The van der Waals surface area contributed by atoms with Crippen LogP contribution >= 0.6 is 0 Å². The first-order valence-corrected chi connectivity index (χ1v) is 6.45. The molecule has 3 heteroatoms. The van der Waals surface area contributed by atoms with Crippen LogP contribution in [0.3, 0.4) is 0 Å². The lowest BCUT2D eigenvalue weighted by molar-refractivity contribution is 0.0696. The van der Waals surface area contributed by atoms with Crippen molar-refractivity contribution in [3.05, 3.63) is 58.4 Å². The maximum absolute atomic E-state index is 11.1. The number of benzene rings is 1. The number of carboxylic acid groups (broad SMARTS) is 1. The number of rotatable bonds is 4. The van der Waals surface area contributed by atoms with Crippen molar-refractivity contribution in [1.29, 1.82) is 0 Å². The van der Waals surface area contributed by atoms with Gasteiger partial charge in [-0.25, -0.2) is 4.79 Å². The van der Waals surface area contributed by atoms with Crippen molar-refractivity contribution in [2.45, 2.75) is 33.7 Å². The van der Waals surface area contributed by atoms with Crippen LogP contribution in [0.25, 0.3) is 0 Å². The van der Waals surface area contributed by atoms with E-state index < -0.39 is 5.97 Å². The molecule has 1 N–H and O–H groups in total. The van der Waals surface area contributed by atoms with Gasteiger partial charge in [0, 0.05) is 17.9 Å². The van der Waals surface area contributed by atoms with Gasteiger partial charge in [-0.1, -0.05) is 24.3 Å². The van der Waals surface area contributed by atoms with Crippen LogP contribution < -0.4 is 0 Å². The zero-order valence-corrected chi connectivity index (χ0v) is 11.6. The highest BCUT2D eigenvalue weighted by Crippen LogP contribution is 2.17. The summed E-state index contributed by atoms with van der Waals surface area (Å²) in [5, 5.41) is 9.12. The van der Waals surface area contributed by atoms with Crippen molar-refractivity contribution in [2.75, 3.05) is 0 Å².